The van der Waals surface area contributed by atoms with Crippen LogP contribution in [0.25, 0.3) is 0 Å². The molecule has 1 heterocycles. The molecule has 0 radical (unpaired) electrons. The molecule has 0 aromatic heterocycles. The van der Waals surface area contributed by atoms with Crippen molar-refractivity contribution in [3.63, 3.8) is 0 Å². The van der Waals surface area contributed by atoms with E-state index in [1.54, 1.807) is 0 Å². The fraction of sp³-hybridized carbons (Fsp3) is 0.889. The Morgan fingerprint density at radius 3 is 2.50 bits per heavy atom. The van der Waals surface area contributed by atoms with Gasteiger partial charge in [0.05, 0.1) is 12.5 Å². The van der Waals surface area contributed by atoms with E-state index in [9.17, 15) is 13.6 Å². The van der Waals surface area contributed by atoms with Crippen LogP contribution in [-0.4, -0.2) is 32.6 Å². The maximum Gasteiger partial charge on any atom is 0.312 e. The SMILES string of the molecule is COC(=O)C1(CC(F)F)CCNCC1. The van der Waals surface area contributed by atoms with Gasteiger partial charge in [0.25, 0.3) is 0 Å². The quantitative estimate of drug-likeness (QED) is 0.706. The number of hydrogen-bond acceptors (Lipinski definition) is 3. The molecule has 14 heavy (non-hydrogen) atoms. The fourth-order valence-corrected chi connectivity index (χ4v) is 1.91. The van der Waals surface area contributed by atoms with Crippen molar-refractivity contribution in [2.75, 3.05) is 20.2 Å². The van der Waals surface area contributed by atoms with Crippen molar-refractivity contribution in [2.24, 2.45) is 5.41 Å². The molecule has 5 heteroatoms. The van der Waals surface area contributed by atoms with E-state index >= 15 is 0 Å². The molecule has 1 rings (SSSR count). The number of methoxy groups -OCH3 is 1. The fourth-order valence-electron chi connectivity index (χ4n) is 1.91. The molecule has 0 amide bonds. The Bertz CT molecular complexity index is 203. The van der Waals surface area contributed by atoms with Crippen LogP contribution in [0.2, 0.25) is 0 Å². The van der Waals surface area contributed by atoms with Crippen LogP contribution >= 0.6 is 0 Å². The van der Waals surface area contributed by atoms with E-state index in [2.05, 4.69) is 10.1 Å². The van der Waals surface area contributed by atoms with Crippen molar-refractivity contribution in [3.05, 3.63) is 0 Å². The summed E-state index contributed by atoms with van der Waals surface area (Å²) in [5, 5.41) is 3.04. The molecule has 0 spiro atoms. The molecule has 0 aliphatic carbocycles. The summed E-state index contributed by atoms with van der Waals surface area (Å²) in [4.78, 5) is 11.4. The molecular formula is C9H15F2NO2. The minimum atomic E-state index is -2.45. The molecule has 0 saturated carbocycles. The Balaban J connectivity index is 2.71. The monoisotopic (exact) mass is 207 g/mol. The lowest BCUT2D eigenvalue weighted by atomic mass is 9.76. The van der Waals surface area contributed by atoms with Crippen LogP contribution in [0.4, 0.5) is 8.78 Å². The first-order chi connectivity index (χ1) is 6.60. The molecule has 0 atom stereocenters. The van der Waals surface area contributed by atoms with Gasteiger partial charge in [-0.3, -0.25) is 4.79 Å². The number of halogens is 2. The van der Waals surface area contributed by atoms with Crippen molar-refractivity contribution >= 4 is 5.97 Å². The van der Waals surface area contributed by atoms with E-state index in [1.165, 1.54) is 7.11 Å². The van der Waals surface area contributed by atoms with Crippen LogP contribution in [0.5, 0.6) is 0 Å². The van der Waals surface area contributed by atoms with Gasteiger partial charge in [0.15, 0.2) is 0 Å². The molecular weight excluding hydrogens is 192 g/mol. The van der Waals surface area contributed by atoms with Crippen molar-refractivity contribution in [3.8, 4) is 0 Å². The number of rotatable bonds is 3. The highest BCUT2D eigenvalue weighted by Gasteiger charge is 2.42. The van der Waals surface area contributed by atoms with Gasteiger partial charge in [-0.15, -0.1) is 0 Å². The molecule has 82 valence electrons. The third-order valence-electron chi connectivity index (χ3n) is 2.72. The van der Waals surface area contributed by atoms with Gasteiger partial charge < -0.3 is 10.1 Å². The second-order valence-electron chi connectivity index (χ2n) is 3.62. The Labute approximate surface area is 81.8 Å². The Morgan fingerprint density at radius 1 is 1.50 bits per heavy atom. The summed E-state index contributed by atoms with van der Waals surface area (Å²) in [6.07, 6.45) is -1.97. The number of alkyl halides is 2. The summed E-state index contributed by atoms with van der Waals surface area (Å²) in [6, 6.07) is 0. The van der Waals surface area contributed by atoms with E-state index in [-0.39, 0.29) is 6.42 Å². The minimum Gasteiger partial charge on any atom is -0.469 e. The van der Waals surface area contributed by atoms with Gasteiger partial charge in [0, 0.05) is 6.42 Å². The van der Waals surface area contributed by atoms with E-state index in [4.69, 9.17) is 0 Å². The summed E-state index contributed by atoms with van der Waals surface area (Å²) in [7, 11) is 1.25. The predicted octanol–water partition coefficient (Wildman–Crippen LogP) is 1.18. The molecule has 0 aromatic rings. The Hall–Kier alpha value is -0.710. The normalized spacial score (nSPS) is 20.9. The summed E-state index contributed by atoms with van der Waals surface area (Å²) in [5.41, 5.74) is -0.964. The largest absolute Gasteiger partial charge is 0.469 e. The number of nitrogens with one attached hydrogen (secondary N) is 1. The topological polar surface area (TPSA) is 38.3 Å². The second-order valence-corrected chi connectivity index (χ2v) is 3.62. The van der Waals surface area contributed by atoms with E-state index in [1.807, 2.05) is 0 Å². The number of ether oxygens (including phenoxy) is 1. The van der Waals surface area contributed by atoms with Gasteiger partial charge in [-0.2, -0.15) is 0 Å². The molecule has 1 N–H and O–H groups in total. The maximum atomic E-state index is 12.3. The van der Waals surface area contributed by atoms with Crippen molar-refractivity contribution in [1.29, 1.82) is 0 Å². The van der Waals surface area contributed by atoms with Gasteiger partial charge in [-0.25, -0.2) is 8.78 Å². The van der Waals surface area contributed by atoms with Crippen LogP contribution in [0.1, 0.15) is 19.3 Å². The molecule has 1 saturated heterocycles. The third kappa shape index (κ3) is 2.41. The Morgan fingerprint density at radius 2 is 2.07 bits per heavy atom. The van der Waals surface area contributed by atoms with Crippen LogP contribution in [-0.2, 0) is 9.53 Å². The van der Waals surface area contributed by atoms with Crippen molar-refractivity contribution in [2.45, 2.75) is 25.7 Å². The molecule has 0 bridgehead atoms. The highest BCUT2D eigenvalue weighted by molar-refractivity contribution is 5.76. The van der Waals surface area contributed by atoms with Crippen LogP contribution in [0, 0.1) is 5.41 Å². The molecule has 3 nitrogen and oxygen atoms in total. The lowest BCUT2D eigenvalue weighted by Gasteiger charge is -2.34. The first-order valence-electron chi connectivity index (χ1n) is 4.68. The average Bonchev–Trinajstić information content (AvgIpc) is 2.17. The highest BCUT2D eigenvalue weighted by atomic mass is 19.3. The van der Waals surface area contributed by atoms with Gasteiger partial charge >= 0.3 is 5.97 Å². The molecule has 1 aliphatic heterocycles. The van der Waals surface area contributed by atoms with Gasteiger partial charge in [0.2, 0.25) is 6.43 Å². The summed E-state index contributed by atoms with van der Waals surface area (Å²) in [5.74, 6) is -0.501. The van der Waals surface area contributed by atoms with Crippen molar-refractivity contribution < 1.29 is 18.3 Å². The summed E-state index contributed by atoms with van der Waals surface area (Å²) >= 11 is 0. The zero-order chi connectivity index (χ0) is 10.6. The first kappa shape index (κ1) is 11.4. The zero-order valence-electron chi connectivity index (χ0n) is 8.19. The maximum absolute atomic E-state index is 12.3. The van der Waals surface area contributed by atoms with Crippen molar-refractivity contribution in [1.82, 2.24) is 5.32 Å². The number of piperidine rings is 1. The average molecular weight is 207 g/mol. The Kier molecular flexibility index (Phi) is 3.80. The molecule has 0 unspecified atom stereocenters. The lowest BCUT2D eigenvalue weighted by molar-refractivity contribution is -0.157. The lowest BCUT2D eigenvalue weighted by Crippen LogP contribution is -2.43. The summed E-state index contributed by atoms with van der Waals surface area (Å²) < 4.78 is 29.3. The smallest absolute Gasteiger partial charge is 0.312 e. The van der Waals surface area contributed by atoms with E-state index in [0.29, 0.717) is 25.9 Å². The minimum absolute atomic E-state index is 0.388. The van der Waals surface area contributed by atoms with Crippen LogP contribution in [0.3, 0.4) is 0 Å². The standard InChI is InChI=1S/C9H15F2NO2/c1-14-8(13)9(6-7(10)11)2-4-12-5-3-9/h7,12H,2-6H2,1H3. The van der Waals surface area contributed by atoms with Gasteiger partial charge in [-0.05, 0) is 25.9 Å². The highest BCUT2D eigenvalue weighted by Crippen LogP contribution is 2.36. The van der Waals surface area contributed by atoms with Gasteiger partial charge in [-0.1, -0.05) is 0 Å². The van der Waals surface area contributed by atoms with Crippen LogP contribution < -0.4 is 5.32 Å². The number of hydrogen-bond donors (Lipinski definition) is 1. The molecule has 1 aliphatic rings. The number of carbonyl (C=O) groups is 1. The second kappa shape index (κ2) is 4.68. The van der Waals surface area contributed by atoms with E-state index in [0.717, 1.165) is 0 Å². The van der Waals surface area contributed by atoms with Gasteiger partial charge in [0.1, 0.15) is 0 Å². The number of carbonyl (C=O) groups excluding carboxylic acids is 1. The molecule has 1 fully saturated rings. The molecule has 0 aromatic carbocycles. The van der Waals surface area contributed by atoms with Crippen LogP contribution in [0.15, 0.2) is 0 Å². The first-order valence-corrected chi connectivity index (χ1v) is 4.68. The summed E-state index contributed by atoms with van der Waals surface area (Å²) in [6.45, 7) is 1.20. The van der Waals surface area contributed by atoms with E-state index < -0.39 is 17.8 Å². The predicted molar refractivity (Wildman–Crippen MR) is 47.2 cm³/mol. The third-order valence-corrected chi connectivity index (χ3v) is 2.72. The zero-order valence-corrected chi connectivity index (χ0v) is 8.19. The number of esters is 1.